The van der Waals surface area contributed by atoms with Gasteiger partial charge < -0.3 is 24.8 Å². The fourth-order valence-electron chi connectivity index (χ4n) is 3.79. The molecule has 0 bridgehead atoms. The van der Waals surface area contributed by atoms with Crippen LogP contribution in [-0.4, -0.2) is 62.9 Å². The molecule has 1 atom stereocenters. The number of nitrogens with one attached hydrogen (secondary N) is 2. The Morgan fingerprint density at radius 3 is 2.47 bits per heavy atom. The van der Waals surface area contributed by atoms with Crippen LogP contribution in [0.5, 0.6) is 11.5 Å². The smallest absolute Gasteiger partial charge is 0.309 e. The third-order valence-electron chi connectivity index (χ3n) is 5.54. The predicted molar refractivity (Wildman–Crippen MR) is 114 cm³/mol. The molecule has 0 radical (unpaired) electrons. The summed E-state index contributed by atoms with van der Waals surface area (Å²) >= 11 is 0. The molecule has 32 heavy (non-hydrogen) atoms. The molecule has 9 heteroatoms. The fourth-order valence-corrected chi connectivity index (χ4v) is 3.79. The zero-order valence-electron chi connectivity index (χ0n) is 17.6. The first kappa shape index (κ1) is 22.0. The predicted octanol–water partition coefficient (Wildman–Crippen LogP) is 1.40. The van der Waals surface area contributed by atoms with Crippen LogP contribution in [0.3, 0.4) is 0 Å². The highest BCUT2D eigenvalue weighted by atomic mass is 19.1. The lowest BCUT2D eigenvalue weighted by atomic mass is 10.0. The minimum atomic E-state index is -0.696. The molecule has 0 aromatic heterocycles. The van der Waals surface area contributed by atoms with Crippen molar-refractivity contribution >= 4 is 11.8 Å². The summed E-state index contributed by atoms with van der Waals surface area (Å²) in [6.07, 6.45) is 0.507. The minimum Gasteiger partial charge on any atom is -0.454 e. The molecule has 2 heterocycles. The summed E-state index contributed by atoms with van der Waals surface area (Å²) in [5.41, 5.74) is 1.84. The molecule has 0 spiro atoms. The number of nitrogens with zero attached hydrogens (tertiary/aromatic N) is 1. The first-order valence-corrected chi connectivity index (χ1v) is 10.6. The van der Waals surface area contributed by atoms with E-state index < -0.39 is 11.8 Å². The van der Waals surface area contributed by atoms with Crippen molar-refractivity contribution in [3.05, 3.63) is 59.4 Å². The lowest BCUT2D eigenvalue weighted by molar-refractivity contribution is -0.139. The third kappa shape index (κ3) is 5.54. The zero-order valence-corrected chi connectivity index (χ0v) is 17.6. The maximum atomic E-state index is 13.0. The lowest BCUT2D eigenvalue weighted by Crippen LogP contribution is -2.47. The van der Waals surface area contributed by atoms with E-state index in [1.165, 1.54) is 12.1 Å². The number of hydrogen-bond acceptors (Lipinski definition) is 6. The standard InChI is InChI=1S/C23H26FN3O5/c24-18-4-1-16(2-5-18)7-8-25-22(28)23(29)26-14-19(27-9-11-30-12-10-27)17-3-6-20-21(13-17)32-15-31-20/h1-6,13,19H,7-12,14-15H2,(H,25,28)(H,26,29)/t19-/m0/s1. The second kappa shape index (κ2) is 10.4. The summed E-state index contributed by atoms with van der Waals surface area (Å²) in [7, 11) is 0. The van der Waals surface area contributed by atoms with Gasteiger partial charge in [-0.1, -0.05) is 18.2 Å². The van der Waals surface area contributed by atoms with Crippen LogP contribution in [-0.2, 0) is 20.7 Å². The third-order valence-corrected chi connectivity index (χ3v) is 5.54. The number of carbonyl (C=O) groups excluding carboxylic acids is 2. The molecule has 2 amide bonds. The molecule has 0 saturated carbocycles. The van der Waals surface area contributed by atoms with E-state index in [4.69, 9.17) is 14.2 Å². The Bertz CT molecular complexity index is 947. The molecule has 4 rings (SSSR count). The van der Waals surface area contributed by atoms with Gasteiger partial charge >= 0.3 is 11.8 Å². The van der Waals surface area contributed by atoms with E-state index in [1.54, 1.807) is 12.1 Å². The quantitative estimate of drug-likeness (QED) is 0.629. The molecule has 1 saturated heterocycles. The van der Waals surface area contributed by atoms with Crippen LogP contribution in [0.15, 0.2) is 42.5 Å². The summed E-state index contributed by atoms with van der Waals surface area (Å²) in [6, 6.07) is 11.6. The number of hydrogen-bond donors (Lipinski definition) is 2. The van der Waals surface area contributed by atoms with Crippen molar-refractivity contribution < 1.29 is 28.2 Å². The van der Waals surface area contributed by atoms with Crippen molar-refractivity contribution in [1.29, 1.82) is 0 Å². The Balaban J connectivity index is 1.33. The number of halogens is 1. The van der Waals surface area contributed by atoms with Crippen molar-refractivity contribution in [3.8, 4) is 11.5 Å². The van der Waals surface area contributed by atoms with E-state index in [2.05, 4.69) is 15.5 Å². The number of amides is 2. The summed E-state index contributed by atoms with van der Waals surface area (Å²) in [4.78, 5) is 26.8. The number of carbonyl (C=O) groups is 2. The van der Waals surface area contributed by atoms with Gasteiger partial charge in [-0.3, -0.25) is 14.5 Å². The van der Waals surface area contributed by atoms with Crippen LogP contribution in [0.25, 0.3) is 0 Å². The van der Waals surface area contributed by atoms with E-state index in [-0.39, 0.29) is 31.7 Å². The van der Waals surface area contributed by atoms with Crippen LogP contribution < -0.4 is 20.1 Å². The van der Waals surface area contributed by atoms with Gasteiger partial charge in [-0.2, -0.15) is 0 Å². The molecule has 0 aliphatic carbocycles. The first-order valence-electron chi connectivity index (χ1n) is 10.6. The Hall–Kier alpha value is -3.17. The second-order valence-electron chi connectivity index (χ2n) is 7.62. The highest BCUT2D eigenvalue weighted by Crippen LogP contribution is 2.35. The number of benzene rings is 2. The van der Waals surface area contributed by atoms with E-state index in [9.17, 15) is 14.0 Å². The second-order valence-corrected chi connectivity index (χ2v) is 7.62. The van der Waals surface area contributed by atoms with Crippen LogP contribution in [0.1, 0.15) is 17.2 Å². The number of ether oxygens (including phenoxy) is 3. The summed E-state index contributed by atoms with van der Waals surface area (Å²) in [5.74, 6) is -0.333. The topological polar surface area (TPSA) is 89.1 Å². The molecular weight excluding hydrogens is 417 g/mol. The number of rotatable bonds is 7. The van der Waals surface area contributed by atoms with Crippen molar-refractivity contribution in [2.24, 2.45) is 0 Å². The maximum Gasteiger partial charge on any atom is 0.309 e. The van der Waals surface area contributed by atoms with Gasteiger partial charge in [-0.05, 0) is 41.8 Å². The van der Waals surface area contributed by atoms with Gasteiger partial charge in [0.2, 0.25) is 6.79 Å². The molecule has 2 aliphatic rings. The lowest BCUT2D eigenvalue weighted by Gasteiger charge is -2.34. The van der Waals surface area contributed by atoms with Crippen molar-refractivity contribution in [1.82, 2.24) is 15.5 Å². The SMILES string of the molecule is O=C(NCCc1ccc(F)cc1)C(=O)NC[C@@H](c1ccc2c(c1)OCO2)N1CCOCC1. The van der Waals surface area contributed by atoms with Crippen molar-refractivity contribution in [3.63, 3.8) is 0 Å². The highest BCUT2D eigenvalue weighted by molar-refractivity contribution is 6.35. The maximum absolute atomic E-state index is 13.0. The monoisotopic (exact) mass is 443 g/mol. The Labute approximate surface area is 185 Å². The molecular formula is C23H26FN3O5. The van der Waals surface area contributed by atoms with Gasteiger partial charge in [0.1, 0.15) is 5.82 Å². The Morgan fingerprint density at radius 1 is 0.969 bits per heavy atom. The first-order chi connectivity index (χ1) is 15.6. The van der Waals surface area contributed by atoms with Gasteiger partial charge in [-0.25, -0.2) is 4.39 Å². The molecule has 2 aromatic carbocycles. The van der Waals surface area contributed by atoms with Gasteiger partial charge in [0.15, 0.2) is 11.5 Å². The summed E-state index contributed by atoms with van der Waals surface area (Å²) in [5, 5.41) is 5.35. The molecule has 0 unspecified atom stereocenters. The Morgan fingerprint density at radius 2 is 1.69 bits per heavy atom. The normalized spacial score (nSPS) is 16.4. The van der Waals surface area contributed by atoms with E-state index >= 15 is 0 Å². The van der Waals surface area contributed by atoms with Gasteiger partial charge in [-0.15, -0.1) is 0 Å². The fraction of sp³-hybridized carbons (Fsp3) is 0.391. The van der Waals surface area contributed by atoms with Crippen LogP contribution in [0, 0.1) is 5.82 Å². The highest BCUT2D eigenvalue weighted by Gasteiger charge is 2.26. The summed E-state index contributed by atoms with van der Waals surface area (Å²) in [6.45, 7) is 3.40. The number of morpholine rings is 1. The van der Waals surface area contributed by atoms with E-state index in [0.29, 0.717) is 31.1 Å². The van der Waals surface area contributed by atoms with Crippen LogP contribution >= 0.6 is 0 Å². The molecule has 2 N–H and O–H groups in total. The average Bonchev–Trinajstić information content (AvgIpc) is 3.29. The molecule has 2 aliphatic heterocycles. The average molecular weight is 443 g/mol. The van der Waals surface area contributed by atoms with Gasteiger partial charge in [0.25, 0.3) is 0 Å². The van der Waals surface area contributed by atoms with Crippen molar-refractivity contribution in [2.45, 2.75) is 12.5 Å². The summed E-state index contributed by atoms with van der Waals surface area (Å²) < 4.78 is 29.3. The minimum absolute atomic E-state index is 0.135. The molecule has 2 aromatic rings. The molecule has 170 valence electrons. The van der Waals surface area contributed by atoms with Crippen LogP contribution in [0.2, 0.25) is 0 Å². The van der Waals surface area contributed by atoms with Crippen LogP contribution in [0.4, 0.5) is 4.39 Å². The van der Waals surface area contributed by atoms with E-state index in [0.717, 1.165) is 24.2 Å². The largest absolute Gasteiger partial charge is 0.454 e. The van der Waals surface area contributed by atoms with E-state index in [1.807, 2.05) is 18.2 Å². The number of fused-ring (bicyclic) bond motifs is 1. The van der Waals surface area contributed by atoms with Crippen molar-refractivity contribution in [2.75, 3.05) is 46.2 Å². The Kier molecular flexibility index (Phi) is 7.18. The van der Waals surface area contributed by atoms with Gasteiger partial charge in [0, 0.05) is 26.2 Å². The zero-order chi connectivity index (χ0) is 22.3. The molecule has 8 nitrogen and oxygen atoms in total. The molecule has 1 fully saturated rings. The van der Waals surface area contributed by atoms with Gasteiger partial charge in [0.05, 0.1) is 19.3 Å².